The molecule has 5 rings (SSSR count). The minimum atomic E-state index is -1.35. The van der Waals surface area contributed by atoms with Crippen molar-refractivity contribution in [2.24, 2.45) is 11.3 Å². The number of benzene rings is 2. The molecule has 2 fully saturated rings. The second-order valence-electron chi connectivity index (χ2n) is 12.5. The first-order valence-electron chi connectivity index (χ1n) is 12.8. The zero-order valence-electron chi connectivity index (χ0n) is 21.5. The summed E-state index contributed by atoms with van der Waals surface area (Å²) in [5, 5.41) is 17.0. The molecule has 198 valence electrons. The summed E-state index contributed by atoms with van der Waals surface area (Å²) >= 11 is 6.24. The van der Waals surface area contributed by atoms with Gasteiger partial charge in [0.1, 0.15) is 5.41 Å². The van der Waals surface area contributed by atoms with Crippen molar-refractivity contribution >= 4 is 29.0 Å². The number of Topliss-reactive ketones (excluding diaryl/α,β-unsaturated/α-hetero) is 1. The van der Waals surface area contributed by atoms with Crippen LogP contribution in [0.3, 0.4) is 0 Å². The van der Waals surface area contributed by atoms with Gasteiger partial charge in [0.25, 0.3) is 0 Å². The number of carbonyl (C=O) groups excluding carboxylic acids is 2. The van der Waals surface area contributed by atoms with Gasteiger partial charge >= 0.3 is 0 Å². The number of carbonyl (C=O) groups is 2. The van der Waals surface area contributed by atoms with Gasteiger partial charge in [-0.15, -0.1) is 0 Å². The van der Waals surface area contributed by atoms with Gasteiger partial charge in [-0.05, 0) is 66.8 Å². The Labute approximate surface area is 221 Å². The maximum atomic E-state index is 15.5. The van der Waals surface area contributed by atoms with E-state index in [9.17, 15) is 19.1 Å². The van der Waals surface area contributed by atoms with Gasteiger partial charge in [-0.1, -0.05) is 50.6 Å². The largest absolute Gasteiger partial charge is 0.390 e. The molecule has 8 heteroatoms. The maximum Gasteiger partial charge on any atom is 0.237 e. The fraction of sp³-hybridized carbons (Fsp3) is 0.517. The molecule has 1 saturated carbocycles. The molecule has 37 heavy (non-hydrogen) atoms. The lowest BCUT2D eigenvalue weighted by atomic mass is 9.61. The SMILES string of the molecule is CC(C)(C)C[C@@H]1N[C@@H](C(=O)CC2CC(C)(O)C2)[C@H](c2cccc(F)c2F)[C@]12C(=O)Nc1cc(Cl)ccc12. The third-order valence-electron chi connectivity index (χ3n) is 8.23. The van der Waals surface area contributed by atoms with Gasteiger partial charge in [-0.2, -0.15) is 0 Å². The monoisotopic (exact) mass is 530 g/mol. The predicted octanol–water partition coefficient (Wildman–Crippen LogP) is 5.49. The van der Waals surface area contributed by atoms with Gasteiger partial charge in [-0.3, -0.25) is 9.59 Å². The Bertz CT molecular complexity index is 1270. The average molecular weight is 531 g/mol. The van der Waals surface area contributed by atoms with E-state index in [1.807, 2.05) is 20.8 Å². The smallest absolute Gasteiger partial charge is 0.237 e. The van der Waals surface area contributed by atoms with Crippen molar-refractivity contribution < 1.29 is 23.5 Å². The number of anilines is 1. The number of aliphatic hydroxyl groups is 1. The molecule has 0 radical (unpaired) electrons. The van der Waals surface area contributed by atoms with E-state index in [-0.39, 0.29) is 35.0 Å². The molecular weight excluding hydrogens is 498 g/mol. The van der Waals surface area contributed by atoms with Crippen molar-refractivity contribution in [1.29, 1.82) is 0 Å². The fourth-order valence-electron chi connectivity index (χ4n) is 6.94. The van der Waals surface area contributed by atoms with Crippen LogP contribution in [0.25, 0.3) is 0 Å². The first kappa shape index (κ1) is 26.3. The molecule has 2 aromatic carbocycles. The highest BCUT2D eigenvalue weighted by atomic mass is 35.5. The molecule has 0 bridgehead atoms. The van der Waals surface area contributed by atoms with Crippen LogP contribution in [0.1, 0.15) is 70.4 Å². The zero-order valence-corrected chi connectivity index (χ0v) is 22.3. The van der Waals surface area contributed by atoms with E-state index in [2.05, 4.69) is 10.6 Å². The Kier molecular flexibility index (Phi) is 6.29. The Balaban J connectivity index is 1.69. The summed E-state index contributed by atoms with van der Waals surface area (Å²) in [5.41, 5.74) is -1.24. The lowest BCUT2D eigenvalue weighted by Crippen LogP contribution is -2.49. The number of hydrogen-bond donors (Lipinski definition) is 3. The second-order valence-corrected chi connectivity index (χ2v) is 13.0. The molecule has 4 atom stereocenters. The van der Waals surface area contributed by atoms with Crippen molar-refractivity contribution in [2.45, 2.75) is 82.4 Å². The third-order valence-corrected chi connectivity index (χ3v) is 8.47. The Morgan fingerprint density at radius 1 is 1.19 bits per heavy atom. The molecule has 3 N–H and O–H groups in total. The van der Waals surface area contributed by atoms with Crippen molar-refractivity contribution in [1.82, 2.24) is 5.32 Å². The molecule has 1 spiro atoms. The maximum absolute atomic E-state index is 15.5. The molecule has 1 saturated heterocycles. The summed E-state index contributed by atoms with van der Waals surface area (Å²) < 4.78 is 30.1. The number of hydrogen-bond acceptors (Lipinski definition) is 4. The van der Waals surface area contributed by atoms with Crippen LogP contribution in [0.2, 0.25) is 5.02 Å². The number of ketones is 1. The number of halogens is 3. The average Bonchev–Trinajstić information content (AvgIpc) is 3.23. The van der Waals surface area contributed by atoms with Crippen LogP contribution >= 0.6 is 11.6 Å². The van der Waals surface area contributed by atoms with Gasteiger partial charge in [0, 0.05) is 29.1 Å². The lowest BCUT2D eigenvalue weighted by Gasteiger charge is -2.41. The normalized spacial score (nSPS) is 32.8. The molecule has 1 aliphatic carbocycles. The third kappa shape index (κ3) is 4.39. The van der Waals surface area contributed by atoms with E-state index < -0.39 is 40.7 Å². The molecule has 1 amide bonds. The predicted molar refractivity (Wildman–Crippen MR) is 139 cm³/mol. The first-order valence-corrected chi connectivity index (χ1v) is 13.2. The first-order chi connectivity index (χ1) is 17.2. The van der Waals surface area contributed by atoms with Crippen LogP contribution in [0.4, 0.5) is 14.5 Å². The van der Waals surface area contributed by atoms with Crippen LogP contribution in [-0.2, 0) is 15.0 Å². The summed E-state index contributed by atoms with van der Waals surface area (Å²) in [4.78, 5) is 27.9. The van der Waals surface area contributed by atoms with E-state index in [0.717, 1.165) is 6.07 Å². The summed E-state index contributed by atoms with van der Waals surface area (Å²) in [6.07, 6.45) is 1.71. The van der Waals surface area contributed by atoms with E-state index in [4.69, 9.17) is 11.6 Å². The molecular formula is C29H33ClF2N2O3. The van der Waals surface area contributed by atoms with E-state index >= 15 is 4.39 Å². The number of amides is 1. The lowest BCUT2D eigenvalue weighted by molar-refractivity contribution is -0.126. The Hall–Kier alpha value is -2.35. The van der Waals surface area contributed by atoms with Crippen molar-refractivity contribution in [3.63, 3.8) is 0 Å². The molecule has 0 unspecified atom stereocenters. The quantitative estimate of drug-likeness (QED) is 0.478. The van der Waals surface area contributed by atoms with Gasteiger partial charge in [0.2, 0.25) is 5.91 Å². The minimum Gasteiger partial charge on any atom is -0.390 e. The molecule has 2 aliphatic heterocycles. The number of fused-ring (bicyclic) bond motifs is 2. The van der Waals surface area contributed by atoms with Crippen LogP contribution in [-0.4, -0.2) is 34.5 Å². The summed E-state index contributed by atoms with van der Waals surface area (Å²) in [5.74, 6) is -3.58. The zero-order chi connectivity index (χ0) is 26.9. The summed E-state index contributed by atoms with van der Waals surface area (Å²) in [7, 11) is 0. The van der Waals surface area contributed by atoms with Gasteiger partial charge < -0.3 is 15.7 Å². The van der Waals surface area contributed by atoms with Crippen molar-refractivity contribution in [2.75, 3.05) is 5.32 Å². The van der Waals surface area contributed by atoms with E-state index in [0.29, 0.717) is 35.5 Å². The topological polar surface area (TPSA) is 78.4 Å². The van der Waals surface area contributed by atoms with Crippen LogP contribution in [0.15, 0.2) is 36.4 Å². The van der Waals surface area contributed by atoms with Crippen molar-refractivity contribution in [3.05, 3.63) is 64.2 Å². The molecule has 2 aromatic rings. The highest BCUT2D eigenvalue weighted by Crippen LogP contribution is 2.57. The van der Waals surface area contributed by atoms with Gasteiger partial charge in [0.15, 0.2) is 17.4 Å². The summed E-state index contributed by atoms with van der Waals surface area (Å²) in [6.45, 7) is 7.87. The van der Waals surface area contributed by atoms with Gasteiger partial charge in [0.05, 0.1) is 11.6 Å². The molecule has 2 heterocycles. The number of rotatable bonds is 5. The Morgan fingerprint density at radius 3 is 2.54 bits per heavy atom. The fourth-order valence-corrected chi connectivity index (χ4v) is 7.12. The van der Waals surface area contributed by atoms with E-state index in [1.54, 1.807) is 25.1 Å². The van der Waals surface area contributed by atoms with Crippen molar-refractivity contribution in [3.8, 4) is 0 Å². The highest BCUT2D eigenvalue weighted by molar-refractivity contribution is 6.31. The molecule has 5 nitrogen and oxygen atoms in total. The second kappa shape index (κ2) is 8.85. The highest BCUT2D eigenvalue weighted by Gasteiger charge is 2.66. The van der Waals surface area contributed by atoms with Crippen LogP contribution in [0, 0.1) is 23.0 Å². The van der Waals surface area contributed by atoms with Gasteiger partial charge in [-0.25, -0.2) is 8.78 Å². The molecule has 3 aliphatic rings. The standard InChI is InChI=1S/C29H33ClF2N2O3/c1-27(2,3)14-22-29(18-9-8-16(30)11-20(18)33-26(29)36)23(17-6-5-7-19(31)24(17)32)25(34-22)21(35)10-15-12-28(4,37)13-15/h5-9,11,15,22-23,25,34,37H,10,12-14H2,1-4H3,(H,33,36)/t15?,22-,23-,25-,28?,29+/m0/s1. The van der Waals surface area contributed by atoms with Crippen LogP contribution < -0.4 is 10.6 Å². The summed E-state index contributed by atoms with van der Waals surface area (Å²) in [6, 6.07) is 7.58. The minimum absolute atomic E-state index is 0.000755. The van der Waals surface area contributed by atoms with Crippen LogP contribution in [0.5, 0.6) is 0 Å². The van der Waals surface area contributed by atoms with E-state index in [1.165, 1.54) is 12.1 Å². The Morgan fingerprint density at radius 2 is 1.89 bits per heavy atom. The molecule has 0 aromatic heterocycles. The number of nitrogens with one attached hydrogen (secondary N) is 2.